The summed E-state index contributed by atoms with van der Waals surface area (Å²) in [6.45, 7) is 7.41. The Bertz CT molecular complexity index is 1040. The van der Waals surface area contributed by atoms with E-state index in [9.17, 15) is 4.79 Å². The van der Waals surface area contributed by atoms with Gasteiger partial charge in [0.15, 0.2) is 0 Å². The summed E-state index contributed by atoms with van der Waals surface area (Å²) in [7, 11) is 0. The van der Waals surface area contributed by atoms with E-state index in [1.165, 1.54) is 0 Å². The van der Waals surface area contributed by atoms with Crippen LogP contribution in [0.5, 0.6) is 5.75 Å². The van der Waals surface area contributed by atoms with E-state index < -0.39 is 5.97 Å². The summed E-state index contributed by atoms with van der Waals surface area (Å²) >= 11 is 0. The highest BCUT2D eigenvalue weighted by Gasteiger charge is 2.13. The molecule has 0 saturated heterocycles. The van der Waals surface area contributed by atoms with Crippen molar-refractivity contribution in [3.63, 3.8) is 0 Å². The standard InChI is InChI=1S/C24H26N2O3/c1-4-5-20(13-24(27)28)19-8-10-22(11-9-19)29-16-18-6-7-21-14-25-26(15-17(2)3)23(21)12-18/h6-12,14,17,20H,13,15-16H2,1-3H3,(H,27,28)/t20-/m0/s1. The average molecular weight is 390 g/mol. The van der Waals surface area contributed by atoms with Crippen LogP contribution in [0.3, 0.4) is 0 Å². The molecule has 1 N–H and O–H groups in total. The Hall–Kier alpha value is -3.26. The predicted molar refractivity (Wildman–Crippen MR) is 114 cm³/mol. The molecule has 0 aliphatic rings. The Morgan fingerprint density at radius 2 is 1.97 bits per heavy atom. The largest absolute Gasteiger partial charge is 0.489 e. The minimum Gasteiger partial charge on any atom is -0.489 e. The van der Waals surface area contributed by atoms with Gasteiger partial charge < -0.3 is 9.84 Å². The van der Waals surface area contributed by atoms with Gasteiger partial charge in [-0.1, -0.05) is 44.0 Å². The highest BCUT2D eigenvalue weighted by molar-refractivity contribution is 5.79. The molecular weight excluding hydrogens is 364 g/mol. The van der Waals surface area contributed by atoms with Crippen LogP contribution in [0.25, 0.3) is 10.9 Å². The smallest absolute Gasteiger partial charge is 0.304 e. The van der Waals surface area contributed by atoms with Gasteiger partial charge in [0, 0.05) is 11.9 Å². The van der Waals surface area contributed by atoms with Crippen LogP contribution < -0.4 is 4.74 Å². The van der Waals surface area contributed by atoms with Gasteiger partial charge >= 0.3 is 5.97 Å². The number of carbonyl (C=O) groups is 1. The lowest BCUT2D eigenvalue weighted by Gasteiger charge is -2.11. The second-order valence-electron chi connectivity index (χ2n) is 7.52. The van der Waals surface area contributed by atoms with E-state index in [1.807, 2.05) is 35.1 Å². The zero-order valence-corrected chi connectivity index (χ0v) is 17.1. The number of ether oxygens (including phenoxy) is 1. The molecule has 0 spiro atoms. The van der Waals surface area contributed by atoms with Crippen LogP contribution in [0.1, 0.15) is 44.2 Å². The number of hydrogen-bond donors (Lipinski definition) is 1. The topological polar surface area (TPSA) is 64.3 Å². The van der Waals surface area contributed by atoms with Crippen LogP contribution in [0, 0.1) is 17.8 Å². The van der Waals surface area contributed by atoms with Gasteiger partial charge in [-0.05, 0) is 42.2 Å². The number of fused-ring (bicyclic) bond motifs is 1. The molecule has 0 amide bonds. The third-order valence-electron chi connectivity index (χ3n) is 4.63. The van der Waals surface area contributed by atoms with Crippen molar-refractivity contribution in [3.05, 3.63) is 59.8 Å². The van der Waals surface area contributed by atoms with E-state index in [-0.39, 0.29) is 12.3 Å². The number of aliphatic carboxylic acids is 1. The maximum atomic E-state index is 11.0. The molecule has 150 valence electrons. The Morgan fingerprint density at radius 1 is 1.21 bits per heavy atom. The first-order chi connectivity index (χ1) is 14.0. The van der Waals surface area contributed by atoms with Crippen LogP contribution in [-0.4, -0.2) is 20.9 Å². The van der Waals surface area contributed by atoms with Crippen molar-refractivity contribution < 1.29 is 14.6 Å². The molecule has 0 unspecified atom stereocenters. The number of carboxylic acids is 1. The Kier molecular flexibility index (Phi) is 6.56. The molecule has 5 heteroatoms. The highest BCUT2D eigenvalue weighted by Crippen LogP contribution is 2.23. The van der Waals surface area contributed by atoms with Gasteiger partial charge in [0.1, 0.15) is 12.4 Å². The molecule has 0 bridgehead atoms. The zero-order chi connectivity index (χ0) is 20.8. The molecule has 2 aromatic carbocycles. The molecule has 0 aliphatic heterocycles. The van der Waals surface area contributed by atoms with E-state index in [2.05, 4.69) is 49.0 Å². The molecule has 0 aliphatic carbocycles. The summed E-state index contributed by atoms with van der Waals surface area (Å²) in [5.74, 6) is 5.87. The van der Waals surface area contributed by atoms with Crippen molar-refractivity contribution in [1.82, 2.24) is 9.78 Å². The number of carboxylic acid groups (broad SMARTS) is 1. The van der Waals surface area contributed by atoms with Gasteiger partial charge in [0.2, 0.25) is 0 Å². The molecule has 3 rings (SSSR count). The van der Waals surface area contributed by atoms with Gasteiger partial charge in [-0.25, -0.2) is 0 Å². The maximum absolute atomic E-state index is 11.0. The fourth-order valence-electron chi connectivity index (χ4n) is 3.26. The second-order valence-corrected chi connectivity index (χ2v) is 7.52. The average Bonchev–Trinajstić information content (AvgIpc) is 3.08. The predicted octanol–water partition coefficient (Wildman–Crippen LogP) is 4.85. The van der Waals surface area contributed by atoms with E-state index in [0.29, 0.717) is 12.5 Å². The molecule has 1 atom stereocenters. The molecule has 3 aromatic rings. The van der Waals surface area contributed by atoms with E-state index >= 15 is 0 Å². The van der Waals surface area contributed by atoms with Crippen molar-refractivity contribution >= 4 is 16.9 Å². The van der Waals surface area contributed by atoms with E-state index in [4.69, 9.17) is 9.84 Å². The quantitative estimate of drug-likeness (QED) is 0.558. The summed E-state index contributed by atoms with van der Waals surface area (Å²) in [6, 6.07) is 13.7. The number of benzene rings is 2. The lowest BCUT2D eigenvalue weighted by molar-refractivity contribution is -0.137. The summed E-state index contributed by atoms with van der Waals surface area (Å²) in [5, 5.41) is 14.7. The van der Waals surface area contributed by atoms with Crippen molar-refractivity contribution in [2.45, 2.75) is 46.3 Å². The lowest BCUT2D eigenvalue weighted by Crippen LogP contribution is -2.06. The van der Waals surface area contributed by atoms with Crippen LogP contribution in [0.4, 0.5) is 0 Å². The number of aromatic nitrogens is 2. The van der Waals surface area contributed by atoms with Crippen LogP contribution >= 0.6 is 0 Å². The number of hydrogen-bond acceptors (Lipinski definition) is 3. The van der Waals surface area contributed by atoms with Gasteiger partial charge in [-0.2, -0.15) is 5.10 Å². The molecular formula is C24H26N2O3. The second kappa shape index (κ2) is 9.29. The Balaban J connectivity index is 1.69. The molecule has 29 heavy (non-hydrogen) atoms. The Morgan fingerprint density at radius 3 is 2.62 bits per heavy atom. The minimum absolute atomic E-state index is 0.00881. The van der Waals surface area contributed by atoms with Gasteiger partial charge in [-0.3, -0.25) is 9.48 Å². The van der Waals surface area contributed by atoms with E-state index in [0.717, 1.165) is 34.3 Å². The van der Waals surface area contributed by atoms with Gasteiger partial charge in [0.25, 0.3) is 0 Å². The van der Waals surface area contributed by atoms with Crippen LogP contribution in [0.2, 0.25) is 0 Å². The summed E-state index contributed by atoms with van der Waals surface area (Å²) in [4.78, 5) is 11.0. The number of rotatable bonds is 8. The molecule has 1 heterocycles. The fourth-order valence-corrected chi connectivity index (χ4v) is 3.26. The number of nitrogens with zero attached hydrogens (tertiary/aromatic N) is 2. The van der Waals surface area contributed by atoms with Crippen molar-refractivity contribution in [1.29, 1.82) is 0 Å². The summed E-state index contributed by atoms with van der Waals surface area (Å²) in [5.41, 5.74) is 3.07. The van der Waals surface area contributed by atoms with Crippen LogP contribution in [0.15, 0.2) is 48.7 Å². The third-order valence-corrected chi connectivity index (χ3v) is 4.63. The third kappa shape index (κ3) is 5.39. The van der Waals surface area contributed by atoms with Gasteiger partial charge in [0.05, 0.1) is 24.1 Å². The maximum Gasteiger partial charge on any atom is 0.304 e. The molecule has 0 fully saturated rings. The van der Waals surface area contributed by atoms with Crippen molar-refractivity contribution in [3.8, 4) is 17.6 Å². The monoisotopic (exact) mass is 390 g/mol. The van der Waals surface area contributed by atoms with Crippen molar-refractivity contribution in [2.24, 2.45) is 5.92 Å². The first-order valence-electron chi connectivity index (χ1n) is 9.77. The first-order valence-corrected chi connectivity index (χ1v) is 9.77. The summed E-state index contributed by atoms with van der Waals surface area (Å²) in [6.07, 6.45) is 1.89. The molecule has 0 saturated carbocycles. The normalized spacial score (nSPS) is 11.9. The minimum atomic E-state index is -0.856. The lowest BCUT2D eigenvalue weighted by atomic mass is 9.96. The summed E-state index contributed by atoms with van der Waals surface area (Å²) < 4.78 is 7.97. The first kappa shape index (κ1) is 20.5. The SMILES string of the molecule is CC#C[C@@H](CC(=O)O)c1ccc(OCc2ccc3cnn(CC(C)C)c3c2)cc1. The molecule has 1 aromatic heterocycles. The highest BCUT2D eigenvalue weighted by atomic mass is 16.5. The Labute approximate surface area is 171 Å². The van der Waals surface area contributed by atoms with E-state index in [1.54, 1.807) is 6.92 Å². The fraction of sp³-hybridized carbons (Fsp3) is 0.333. The van der Waals surface area contributed by atoms with Gasteiger partial charge in [-0.15, -0.1) is 5.92 Å². The zero-order valence-electron chi connectivity index (χ0n) is 17.1. The molecule has 5 nitrogen and oxygen atoms in total. The van der Waals surface area contributed by atoms with Crippen molar-refractivity contribution in [2.75, 3.05) is 0 Å². The molecule has 0 radical (unpaired) electrons. The van der Waals surface area contributed by atoms with Crippen LogP contribution in [-0.2, 0) is 17.9 Å².